The predicted octanol–water partition coefficient (Wildman–Crippen LogP) is 1.24. The molecule has 1 fully saturated rings. The van der Waals surface area contributed by atoms with E-state index in [4.69, 9.17) is 9.47 Å². The van der Waals surface area contributed by atoms with Gasteiger partial charge in [-0.2, -0.15) is 4.31 Å². The SMILES string of the molecule is COc1nccnc1OC1CCN(S(=O)(=O)c2cccc([N+](=O)[O-])c2)C1. The van der Waals surface area contributed by atoms with Crippen LogP contribution in [-0.2, 0) is 10.0 Å². The van der Waals surface area contributed by atoms with Crippen molar-refractivity contribution in [2.24, 2.45) is 0 Å². The molecule has 10 nitrogen and oxygen atoms in total. The Kier molecular flexibility index (Phi) is 5.00. The normalized spacial score (nSPS) is 17.8. The number of nitro benzene ring substituents is 1. The second-order valence-electron chi connectivity index (χ2n) is 5.52. The van der Waals surface area contributed by atoms with Gasteiger partial charge < -0.3 is 9.47 Å². The highest BCUT2D eigenvalue weighted by Gasteiger charge is 2.35. The molecule has 1 aromatic heterocycles. The average Bonchev–Trinajstić information content (AvgIpc) is 3.11. The van der Waals surface area contributed by atoms with Gasteiger partial charge in [0.25, 0.3) is 17.4 Å². The maximum Gasteiger partial charge on any atom is 0.278 e. The molecule has 0 aliphatic carbocycles. The Balaban J connectivity index is 1.75. The highest BCUT2D eigenvalue weighted by molar-refractivity contribution is 7.89. The van der Waals surface area contributed by atoms with E-state index in [9.17, 15) is 18.5 Å². The van der Waals surface area contributed by atoms with Crippen LogP contribution in [0.4, 0.5) is 5.69 Å². The first-order valence-corrected chi connectivity index (χ1v) is 9.12. The number of nitrogens with zero attached hydrogens (tertiary/aromatic N) is 4. The number of methoxy groups -OCH3 is 1. The zero-order valence-corrected chi connectivity index (χ0v) is 14.6. The van der Waals surface area contributed by atoms with Crippen LogP contribution < -0.4 is 9.47 Å². The van der Waals surface area contributed by atoms with Crippen molar-refractivity contribution in [3.63, 3.8) is 0 Å². The van der Waals surface area contributed by atoms with Crippen LogP contribution in [-0.4, -0.2) is 53.9 Å². The van der Waals surface area contributed by atoms with Crippen molar-refractivity contribution in [3.05, 3.63) is 46.8 Å². The lowest BCUT2D eigenvalue weighted by molar-refractivity contribution is -0.385. The molecule has 2 heterocycles. The van der Waals surface area contributed by atoms with E-state index in [0.717, 1.165) is 6.07 Å². The topological polar surface area (TPSA) is 125 Å². The maximum atomic E-state index is 12.7. The molecule has 26 heavy (non-hydrogen) atoms. The third kappa shape index (κ3) is 3.58. The lowest BCUT2D eigenvalue weighted by atomic mass is 10.3. The molecule has 0 amide bonds. The molecule has 0 bridgehead atoms. The quantitative estimate of drug-likeness (QED) is 0.541. The molecule has 2 aromatic rings. The molecule has 1 aliphatic heterocycles. The molecular formula is C15H16N4O6S. The Labute approximate surface area is 149 Å². The van der Waals surface area contributed by atoms with E-state index >= 15 is 0 Å². The van der Waals surface area contributed by atoms with Gasteiger partial charge in [0.15, 0.2) is 0 Å². The van der Waals surface area contributed by atoms with Crippen LogP contribution >= 0.6 is 0 Å². The monoisotopic (exact) mass is 380 g/mol. The van der Waals surface area contributed by atoms with Gasteiger partial charge in [0.2, 0.25) is 10.0 Å². The van der Waals surface area contributed by atoms with Crippen LogP contribution in [0.25, 0.3) is 0 Å². The number of aromatic nitrogens is 2. The highest BCUT2D eigenvalue weighted by Crippen LogP contribution is 2.27. The van der Waals surface area contributed by atoms with Gasteiger partial charge in [-0.25, -0.2) is 18.4 Å². The standard InChI is InChI=1S/C15H16N4O6S/c1-24-14-15(17-7-6-16-14)25-12-5-8-18(10-12)26(22,23)13-4-2-3-11(9-13)19(20)21/h2-4,6-7,9,12H,5,8,10H2,1H3. The molecule has 1 aromatic carbocycles. The minimum atomic E-state index is -3.85. The summed E-state index contributed by atoms with van der Waals surface area (Å²) in [5.74, 6) is 0.405. The number of ether oxygens (including phenoxy) is 2. The minimum Gasteiger partial charge on any atom is -0.477 e. The summed E-state index contributed by atoms with van der Waals surface area (Å²) in [6.07, 6.45) is 2.94. The third-order valence-corrected chi connectivity index (χ3v) is 5.74. The van der Waals surface area contributed by atoms with Crippen LogP contribution in [0.15, 0.2) is 41.6 Å². The van der Waals surface area contributed by atoms with E-state index < -0.39 is 21.1 Å². The first kappa shape index (κ1) is 18.0. The summed E-state index contributed by atoms with van der Waals surface area (Å²) in [5.41, 5.74) is -0.276. The summed E-state index contributed by atoms with van der Waals surface area (Å²) in [7, 11) is -2.42. The molecule has 1 atom stereocenters. The Hall–Kier alpha value is -2.79. The molecule has 0 spiro atoms. The average molecular weight is 380 g/mol. The number of sulfonamides is 1. The molecule has 1 unspecified atom stereocenters. The molecule has 1 aliphatic rings. The Morgan fingerprint density at radius 3 is 2.69 bits per heavy atom. The van der Waals surface area contributed by atoms with Gasteiger partial charge in [0.1, 0.15) is 6.10 Å². The van der Waals surface area contributed by atoms with E-state index in [0.29, 0.717) is 6.42 Å². The van der Waals surface area contributed by atoms with Crippen LogP contribution in [0.2, 0.25) is 0 Å². The van der Waals surface area contributed by atoms with Crippen LogP contribution in [0.3, 0.4) is 0 Å². The summed E-state index contributed by atoms with van der Waals surface area (Å²) in [4.78, 5) is 18.1. The fourth-order valence-electron chi connectivity index (χ4n) is 2.61. The van der Waals surface area contributed by atoms with Crippen molar-refractivity contribution in [1.82, 2.24) is 14.3 Å². The second kappa shape index (κ2) is 7.22. The third-order valence-electron chi connectivity index (χ3n) is 3.88. The van der Waals surface area contributed by atoms with E-state index in [1.165, 1.54) is 42.0 Å². The van der Waals surface area contributed by atoms with Crippen molar-refractivity contribution >= 4 is 15.7 Å². The van der Waals surface area contributed by atoms with Gasteiger partial charge >= 0.3 is 0 Å². The Morgan fingerprint density at radius 1 is 1.27 bits per heavy atom. The lowest BCUT2D eigenvalue weighted by Gasteiger charge is -2.17. The Bertz CT molecular complexity index is 920. The van der Waals surface area contributed by atoms with Crippen molar-refractivity contribution in [2.75, 3.05) is 20.2 Å². The fraction of sp³-hybridized carbons (Fsp3) is 0.333. The number of hydrogen-bond donors (Lipinski definition) is 0. The van der Waals surface area contributed by atoms with Gasteiger partial charge in [0, 0.05) is 31.1 Å². The van der Waals surface area contributed by atoms with Crippen molar-refractivity contribution < 1.29 is 22.8 Å². The van der Waals surface area contributed by atoms with Crippen LogP contribution in [0.1, 0.15) is 6.42 Å². The van der Waals surface area contributed by atoms with E-state index in [1.807, 2.05) is 0 Å². The van der Waals surface area contributed by atoms with Gasteiger partial charge in [-0.15, -0.1) is 0 Å². The first-order valence-electron chi connectivity index (χ1n) is 7.68. The highest BCUT2D eigenvalue weighted by atomic mass is 32.2. The molecular weight excluding hydrogens is 364 g/mol. The van der Waals surface area contributed by atoms with Gasteiger partial charge in [-0.1, -0.05) is 6.07 Å². The zero-order valence-electron chi connectivity index (χ0n) is 13.8. The smallest absolute Gasteiger partial charge is 0.278 e. The molecule has 0 saturated carbocycles. The van der Waals surface area contributed by atoms with E-state index in [1.54, 1.807) is 0 Å². The van der Waals surface area contributed by atoms with Gasteiger partial charge in [-0.05, 0) is 12.5 Å². The van der Waals surface area contributed by atoms with Crippen LogP contribution in [0, 0.1) is 10.1 Å². The predicted molar refractivity (Wildman–Crippen MR) is 89.5 cm³/mol. The number of non-ortho nitro benzene ring substituents is 1. The number of nitro groups is 1. The summed E-state index contributed by atoms with van der Waals surface area (Å²) in [6, 6.07) is 4.98. The number of benzene rings is 1. The summed E-state index contributed by atoms with van der Waals surface area (Å²) < 4.78 is 37.5. The minimum absolute atomic E-state index is 0.102. The summed E-state index contributed by atoms with van der Waals surface area (Å²) in [6.45, 7) is 0.336. The molecule has 1 saturated heterocycles. The molecule has 0 N–H and O–H groups in total. The summed E-state index contributed by atoms with van der Waals surface area (Å²) >= 11 is 0. The lowest BCUT2D eigenvalue weighted by Crippen LogP contribution is -2.31. The van der Waals surface area contributed by atoms with Crippen LogP contribution in [0.5, 0.6) is 11.8 Å². The van der Waals surface area contributed by atoms with Crippen molar-refractivity contribution in [3.8, 4) is 11.8 Å². The van der Waals surface area contributed by atoms with E-state index in [2.05, 4.69) is 9.97 Å². The van der Waals surface area contributed by atoms with Crippen molar-refractivity contribution in [1.29, 1.82) is 0 Å². The largest absolute Gasteiger partial charge is 0.477 e. The molecule has 138 valence electrons. The molecule has 3 rings (SSSR count). The van der Waals surface area contributed by atoms with Gasteiger partial charge in [0.05, 0.1) is 23.5 Å². The Morgan fingerprint density at radius 2 is 2.00 bits per heavy atom. The summed E-state index contributed by atoms with van der Waals surface area (Å²) in [5, 5.41) is 10.9. The maximum absolute atomic E-state index is 12.7. The molecule has 0 radical (unpaired) electrons. The van der Waals surface area contributed by atoms with E-state index in [-0.39, 0.29) is 35.4 Å². The number of hydrogen-bond acceptors (Lipinski definition) is 8. The van der Waals surface area contributed by atoms with Crippen molar-refractivity contribution in [2.45, 2.75) is 17.4 Å². The zero-order chi connectivity index (χ0) is 18.7. The molecule has 11 heteroatoms. The number of rotatable bonds is 6. The second-order valence-corrected chi connectivity index (χ2v) is 7.45. The fourth-order valence-corrected chi connectivity index (χ4v) is 4.14. The first-order chi connectivity index (χ1) is 12.4. The van der Waals surface area contributed by atoms with Gasteiger partial charge in [-0.3, -0.25) is 10.1 Å².